The normalized spacial score (nSPS) is 16.0. The number of amides is 1. The van der Waals surface area contributed by atoms with E-state index in [0.29, 0.717) is 26.1 Å². The molecular weight excluding hydrogens is 426 g/mol. The molecule has 0 unspecified atom stereocenters. The molecule has 1 aliphatic heterocycles. The number of carbonyl (C=O) groups is 1. The van der Waals surface area contributed by atoms with Crippen LogP contribution in [0.25, 0.3) is 11.3 Å². The molecule has 27 heavy (non-hydrogen) atoms. The van der Waals surface area contributed by atoms with Crippen LogP contribution in [0.4, 0.5) is 5.69 Å². The second-order valence-corrected chi connectivity index (χ2v) is 8.05. The zero-order valence-corrected chi connectivity index (χ0v) is 16.9. The van der Waals surface area contributed by atoms with Gasteiger partial charge in [-0.25, -0.2) is 0 Å². The van der Waals surface area contributed by atoms with Crippen LogP contribution in [-0.4, -0.2) is 28.7 Å². The minimum Gasteiger partial charge on any atom is -0.381 e. The lowest BCUT2D eigenvalue weighted by Gasteiger charge is -2.36. The molecule has 2 heterocycles. The van der Waals surface area contributed by atoms with Crippen molar-refractivity contribution in [1.82, 2.24) is 9.59 Å². The average Bonchev–Trinajstić information content (AvgIpc) is 3.24. The molecule has 7 heteroatoms. The smallest absolute Gasteiger partial charge is 0.235 e. The van der Waals surface area contributed by atoms with Gasteiger partial charge in [-0.05, 0) is 54.2 Å². The summed E-state index contributed by atoms with van der Waals surface area (Å²) in [4.78, 5) is 13.3. The Hall–Kier alpha value is -2.09. The molecule has 1 saturated heterocycles. The number of hydrogen-bond donors (Lipinski definition) is 1. The van der Waals surface area contributed by atoms with Gasteiger partial charge in [0, 0.05) is 34.3 Å². The maximum absolute atomic E-state index is 13.3. The summed E-state index contributed by atoms with van der Waals surface area (Å²) in [6.45, 7) is 1.17. The van der Waals surface area contributed by atoms with Gasteiger partial charge in [0.15, 0.2) is 0 Å². The minimum absolute atomic E-state index is 0.0104. The quantitative estimate of drug-likeness (QED) is 0.636. The van der Waals surface area contributed by atoms with Gasteiger partial charge in [-0.15, -0.1) is 5.10 Å². The molecule has 0 spiro atoms. The topological polar surface area (TPSA) is 64.1 Å². The molecule has 1 amide bonds. The Labute approximate surface area is 170 Å². The number of nitrogens with one attached hydrogen (secondary N) is 1. The van der Waals surface area contributed by atoms with E-state index >= 15 is 0 Å². The van der Waals surface area contributed by atoms with Crippen LogP contribution in [0.3, 0.4) is 0 Å². The van der Waals surface area contributed by atoms with Gasteiger partial charge in [-0.3, -0.25) is 4.79 Å². The molecule has 2 aromatic carbocycles. The number of ether oxygens (including phenoxy) is 1. The summed E-state index contributed by atoms with van der Waals surface area (Å²) in [6.07, 6.45) is 1.34. The molecule has 0 aliphatic carbocycles. The van der Waals surface area contributed by atoms with Crippen molar-refractivity contribution in [1.29, 1.82) is 0 Å². The molecule has 138 valence electrons. The molecule has 0 atom stereocenters. The van der Waals surface area contributed by atoms with E-state index in [0.717, 1.165) is 27.0 Å². The zero-order chi connectivity index (χ0) is 18.7. The van der Waals surface area contributed by atoms with Crippen molar-refractivity contribution in [3.05, 3.63) is 63.9 Å². The van der Waals surface area contributed by atoms with E-state index in [2.05, 4.69) is 30.8 Å². The number of rotatable bonds is 4. The van der Waals surface area contributed by atoms with Crippen molar-refractivity contribution in [3.63, 3.8) is 0 Å². The third-order valence-corrected chi connectivity index (χ3v) is 6.01. The highest BCUT2D eigenvalue weighted by Crippen LogP contribution is 2.37. The molecule has 5 nitrogen and oxygen atoms in total. The molecule has 3 aromatic rings. The standard InChI is InChI=1S/C20H18BrN3O2S/c21-16-5-3-15(4-6-16)20(9-11-26-12-10-20)19(25)22-17-7-1-14(2-8-17)18-13-27-24-23-18/h1-8,13H,9-12H2,(H,22,25). The number of halogens is 1. The second kappa shape index (κ2) is 7.88. The van der Waals surface area contributed by atoms with Gasteiger partial charge in [0.05, 0.1) is 5.41 Å². The monoisotopic (exact) mass is 443 g/mol. The molecular formula is C20H18BrN3O2S. The van der Waals surface area contributed by atoms with Crippen LogP contribution in [0, 0.1) is 0 Å². The fourth-order valence-corrected chi connectivity index (χ4v) is 4.13. The van der Waals surface area contributed by atoms with Crippen LogP contribution in [0.2, 0.25) is 0 Å². The number of nitrogens with zero attached hydrogens (tertiary/aromatic N) is 2. The van der Waals surface area contributed by atoms with E-state index in [-0.39, 0.29) is 5.91 Å². The van der Waals surface area contributed by atoms with E-state index < -0.39 is 5.41 Å². The maximum atomic E-state index is 13.3. The van der Waals surface area contributed by atoms with Crippen LogP contribution in [-0.2, 0) is 14.9 Å². The first-order valence-corrected chi connectivity index (χ1v) is 10.3. The van der Waals surface area contributed by atoms with E-state index in [4.69, 9.17) is 4.74 Å². The Kier molecular flexibility index (Phi) is 5.33. The number of carbonyl (C=O) groups excluding carboxylic acids is 1. The van der Waals surface area contributed by atoms with E-state index in [1.54, 1.807) is 0 Å². The SMILES string of the molecule is O=C(Nc1ccc(-c2csnn2)cc1)C1(c2ccc(Br)cc2)CCOCC1. The first-order valence-electron chi connectivity index (χ1n) is 8.70. The number of anilines is 1. The molecule has 1 N–H and O–H groups in total. The van der Waals surface area contributed by atoms with Gasteiger partial charge in [-0.1, -0.05) is 44.7 Å². The molecule has 4 rings (SSSR count). The highest BCUT2D eigenvalue weighted by Gasteiger charge is 2.41. The minimum atomic E-state index is -0.573. The Bertz CT molecular complexity index is 905. The van der Waals surface area contributed by atoms with E-state index in [9.17, 15) is 4.79 Å². The number of benzene rings is 2. The van der Waals surface area contributed by atoms with Crippen LogP contribution >= 0.6 is 27.5 Å². The van der Waals surface area contributed by atoms with E-state index in [1.165, 1.54) is 11.5 Å². The average molecular weight is 444 g/mol. The van der Waals surface area contributed by atoms with Crippen LogP contribution in [0.15, 0.2) is 58.4 Å². The second-order valence-electron chi connectivity index (χ2n) is 6.52. The molecule has 1 fully saturated rings. The summed E-state index contributed by atoms with van der Waals surface area (Å²) in [7, 11) is 0. The lowest BCUT2D eigenvalue weighted by Crippen LogP contribution is -2.44. The Balaban J connectivity index is 1.58. The molecule has 0 saturated carbocycles. The molecule has 1 aliphatic rings. The van der Waals surface area contributed by atoms with Gasteiger partial charge in [0.25, 0.3) is 0 Å². The first kappa shape index (κ1) is 18.3. The summed E-state index contributed by atoms with van der Waals surface area (Å²) in [5, 5.41) is 9.07. The van der Waals surface area contributed by atoms with Gasteiger partial charge in [-0.2, -0.15) is 0 Å². The lowest BCUT2D eigenvalue weighted by atomic mass is 9.73. The van der Waals surface area contributed by atoms with Crippen molar-refractivity contribution in [3.8, 4) is 11.3 Å². The summed E-state index contributed by atoms with van der Waals surface area (Å²) in [5.41, 5.74) is 3.05. The highest BCUT2D eigenvalue weighted by atomic mass is 79.9. The summed E-state index contributed by atoms with van der Waals surface area (Å²) < 4.78 is 10.4. The summed E-state index contributed by atoms with van der Waals surface area (Å²) in [6, 6.07) is 15.7. The van der Waals surface area contributed by atoms with Crippen LogP contribution < -0.4 is 5.32 Å². The number of hydrogen-bond acceptors (Lipinski definition) is 5. The van der Waals surface area contributed by atoms with Crippen LogP contribution in [0.1, 0.15) is 18.4 Å². The maximum Gasteiger partial charge on any atom is 0.235 e. The Morgan fingerprint density at radius 2 is 1.78 bits per heavy atom. The molecule has 0 radical (unpaired) electrons. The lowest BCUT2D eigenvalue weighted by molar-refractivity contribution is -0.125. The summed E-state index contributed by atoms with van der Waals surface area (Å²) in [5.74, 6) is 0.0104. The molecule has 1 aromatic heterocycles. The van der Waals surface area contributed by atoms with Gasteiger partial charge < -0.3 is 10.1 Å². The summed E-state index contributed by atoms with van der Waals surface area (Å²) >= 11 is 4.79. The van der Waals surface area contributed by atoms with Gasteiger partial charge >= 0.3 is 0 Å². The molecule has 0 bridgehead atoms. The number of aromatic nitrogens is 2. The highest BCUT2D eigenvalue weighted by molar-refractivity contribution is 9.10. The van der Waals surface area contributed by atoms with Gasteiger partial charge in [0.1, 0.15) is 5.69 Å². The predicted molar refractivity (Wildman–Crippen MR) is 110 cm³/mol. The third-order valence-electron chi connectivity index (χ3n) is 4.98. The van der Waals surface area contributed by atoms with Crippen molar-refractivity contribution in [2.45, 2.75) is 18.3 Å². The first-order chi connectivity index (χ1) is 13.2. The van der Waals surface area contributed by atoms with E-state index in [1.807, 2.05) is 53.9 Å². The van der Waals surface area contributed by atoms with Crippen molar-refractivity contribution in [2.75, 3.05) is 18.5 Å². The Morgan fingerprint density at radius 3 is 2.41 bits per heavy atom. The van der Waals surface area contributed by atoms with Crippen LogP contribution in [0.5, 0.6) is 0 Å². The Morgan fingerprint density at radius 1 is 1.07 bits per heavy atom. The zero-order valence-electron chi connectivity index (χ0n) is 14.5. The largest absolute Gasteiger partial charge is 0.381 e. The fourth-order valence-electron chi connectivity index (χ4n) is 3.40. The van der Waals surface area contributed by atoms with Crippen molar-refractivity contribution < 1.29 is 9.53 Å². The fraction of sp³-hybridized carbons (Fsp3) is 0.250. The van der Waals surface area contributed by atoms with Gasteiger partial charge in [0.2, 0.25) is 5.91 Å². The van der Waals surface area contributed by atoms with Crippen molar-refractivity contribution in [2.24, 2.45) is 0 Å². The van der Waals surface area contributed by atoms with Crippen molar-refractivity contribution >= 4 is 39.1 Å². The third kappa shape index (κ3) is 3.81. The predicted octanol–water partition coefficient (Wildman–Crippen LogP) is 4.65.